The molecule has 61 heavy (non-hydrogen) atoms. The van der Waals surface area contributed by atoms with Gasteiger partial charge in [-0.25, -0.2) is 0 Å². The summed E-state index contributed by atoms with van der Waals surface area (Å²) >= 11 is 0. The zero-order chi connectivity index (χ0) is 45.2. The molecule has 5 rings (SSSR count). The molecule has 25 atom stereocenters. The van der Waals surface area contributed by atoms with Crippen molar-refractivity contribution < 1.29 is 124 Å². The van der Waals surface area contributed by atoms with Crippen molar-refractivity contribution in [1.82, 2.24) is 10.6 Å². The van der Waals surface area contributed by atoms with Gasteiger partial charge < -0.3 is 125 Å². The van der Waals surface area contributed by atoms with E-state index >= 15 is 0 Å². The smallest absolute Gasteiger partial charge is 0.217 e. The third-order valence-electron chi connectivity index (χ3n) is 11.1. The van der Waals surface area contributed by atoms with Crippen LogP contribution in [0.1, 0.15) is 20.8 Å². The van der Waals surface area contributed by atoms with E-state index in [2.05, 4.69) is 10.6 Å². The Kier molecular flexibility index (Phi) is 17.5. The van der Waals surface area contributed by atoms with E-state index in [0.717, 1.165) is 13.8 Å². The average Bonchev–Trinajstić information content (AvgIpc) is 3.22. The molecule has 0 aliphatic carbocycles. The fourth-order valence-electron chi connectivity index (χ4n) is 7.77. The van der Waals surface area contributed by atoms with Crippen LogP contribution in [-0.4, -0.2) is 263 Å². The summed E-state index contributed by atoms with van der Waals surface area (Å²) in [5.74, 6) is -1.54. The molecule has 0 aromatic heterocycles. The Bertz CT molecular complexity index is 1420. The number of carbonyl (C=O) groups excluding carboxylic acids is 2. The van der Waals surface area contributed by atoms with Crippen molar-refractivity contribution in [3.63, 3.8) is 0 Å². The minimum absolute atomic E-state index is 0.735. The molecule has 27 heteroatoms. The Morgan fingerprint density at radius 3 is 1.41 bits per heavy atom. The Balaban J connectivity index is 1.42. The summed E-state index contributed by atoms with van der Waals surface area (Å²) in [6, 6.07) is -3.28. The van der Waals surface area contributed by atoms with Crippen LogP contribution < -0.4 is 10.6 Å². The second-order valence-corrected chi connectivity index (χ2v) is 15.4. The molecule has 2 amide bonds. The van der Waals surface area contributed by atoms with Crippen LogP contribution in [0.2, 0.25) is 0 Å². The van der Waals surface area contributed by atoms with E-state index < -0.39 is 192 Å². The molecule has 0 spiro atoms. The molecule has 0 unspecified atom stereocenters. The van der Waals surface area contributed by atoms with Crippen molar-refractivity contribution in [3.05, 3.63) is 0 Å². The Hall–Kier alpha value is -1.98. The molecule has 16 N–H and O–H groups in total. The first-order chi connectivity index (χ1) is 28.8. The first-order valence-electron chi connectivity index (χ1n) is 19.5. The van der Waals surface area contributed by atoms with Crippen LogP contribution in [0.5, 0.6) is 0 Å². The van der Waals surface area contributed by atoms with Gasteiger partial charge in [-0.15, -0.1) is 0 Å². The zero-order valence-electron chi connectivity index (χ0n) is 33.0. The molecule has 0 saturated carbocycles. The average molecular weight is 895 g/mol. The lowest BCUT2D eigenvalue weighted by atomic mass is 9.93. The predicted octanol–water partition coefficient (Wildman–Crippen LogP) is -10.6. The van der Waals surface area contributed by atoms with Gasteiger partial charge in [0.1, 0.15) is 116 Å². The number of hydrogen-bond donors (Lipinski definition) is 16. The van der Waals surface area contributed by atoms with Gasteiger partial charge in [-0.2, -0.15) is 0 Å². The molecule has 5 heterocycles. The molecule has 5 aliphatic rings. The highest BCUT2D eigenvalue weighted by atomic mass is 16.8. The van der Waals surface area contributed by atoms with Gasteiger partial charge in [0.25, 0.3) is 0 Å². The summed E-state index contributed by atoms with van der Waals surface area (Å²) in [6.45, 7) is -0.228. The second kappa shape index (κ2) is 21.3. The highest BCUT2D eigenvalue weighted by Gasteiger charge is 2.57. The highest BCUT2D eigenvalue weighted by molar-refractivity contribution is 5.73. The summed E-state index contributed by atoms with van der Waals surface area (Å²) in [5.41, 5.74) is 0. The first kappa shape index (κ1) is 50.0. The van der Waals surface area contributed by atoms with Crippen molar-refractivity contribution in [2.45, 2.75) is 174 Å². The molecule has 0 aromatic rings. The van der Waals surface area contributed by atoms with E-state index in [4.69, 9.17) is 42.6 Å². The molecule has 0 bridgehead atoms. The molecule has 0 aromatic carbocycles. The molecular formula is C34H58N2O25. The van der Waals surface area contributed by atoms with Crippen LogP contribution in [0.15, 0.2) is 0 Å². The van der Waals surface area contributed by atoms with E-state index in [1.165, 1.54) is 6.92 Å². The van der Waals surface area contributed by atoms with Gasteiger partial charge >= 0.3 is 0 Å². The van der Waals surface area contributed by atoms with Gasteiger partial charge in [0.15, 0.2) is 31.5 Å². The van der Waals surface area contributed by atoms with E-state index in [-0.39, 0.29) is 0 Å². The molecule has 27 nitrogen and oxygen atoms in total. The maximum Gasteiger partial charge on any atom is 0.217 e. The summed E-state index contributed by atoms with van der Waals surface area (Å²) in [5, 5.41) is 153. The number of amides is 2. The predicted molar refractivity (Wildman–Crippen MR) is 188 cm³/mol. The van der Waals surface area contributed by atoms with Crippen LogP contribution in [0.4, 0.5) is 0 Å². The Morgan fingerprint density at radius 2 is 0.852 bits per heavy atom. The molecule has 0 radical (unpaired) electrons. The van der Waals surface area contributed by atoms with Gasteiger partial charge in [0.05, 0.1) is 32.5 Å². The summed E-state index contributed by atoms with van der Waals surface area (Å²) < 4.78 is 51.6. The monoisotopic (exact) mass is 894 g/mol. The van der Waals surface area contributed by atoms with Gasteiger partial charge in [-0.3, -0.25) is 9.59 Å². The molecule has 5 aliphatic heterocycles. The van der Waals surface area contributed by atoms with Crippen LogP contribution in [-0.2, 0) is 52.2 Å². The molecule has 5 fully saturated rings. The van der Waals surface area contributed by atoms with Gasteiger partial charge in [-0.05, 0) is 6.92 Å². The number of ether oxygens (including phenoxy) is 9. The van der Waals surface area contributed by atoms with E-state index in [9.17, 15) is 81.1 Å². The van der Waals surface area contributed by atoms with Crippen molar-refractivity contribution >= 4 is 11.8 Å². The highest BCUT2D eigenvalue weighted by Crippen LogP contribution is 2.36. The number of hydrogen-bond acceptors (Lipinski definition) is 25. The van der Waals surface area contributed by atoms with E-state index in [1.54, 1.807) is 0 Å². The lowest BCUT2D eigenvalue weighted by molar-refractivity contribution is -0.384. The summed E-state index contributed by atoms with van der Waals surface area (Å²) in [6.07, 6.45) is -40.8. The third-order valence-corrected chi connectivity index (χ3v) is 11.1. The largest absolute Gasteiger partial charge is 0.394 e. The number of aliphatic hydroxyl groups is 14. The minimum atomic E-state index is -2.09. The van der Waals surface area contributed by atoms with E-state index in [0.29, 0.717) is 0 Å². The Labute approximate surface area is 346 Å². The topological polar surface area (TPSA) is 424 Å². The second-order valence-electron chi connectivity index (χ2n) is 15.4. The standard InChI is InChI=1S/C34H58N2O25/c1-8-17(43)21(47)23(49)32(53-8)60-28-16(36-10(3)42)30(52)54-14(7-40)27(28)59-31-15(35-9(2)41)20(46)26(13(6-39)57-31)58-34-25(51)29(19(45)12(5-38)56-34)61-33-24(50)22(48)18(44)11(4-37)55-33/h8,11-34,37-40,43-52H,4-7H2,1-3H3,(H,35,41)(H,36,42)/t8-,11+,12+,13+,14+,15+,16+,17+,18+,19+,20+,21+,22-,23-,24-,25-,26+,27+,28+,29-,30+,31-,32-,33+,34-/m0/s1. The van der Waals surface area contributed by atoms with Crippen molar-refractivity contribution in [2.75, 3.05) is 26.4 Å². The third kappa shape index (κ3) is 10.8. The maximum atomic E-state index is 12.5. The maximum absolute atomic E-state index is 12.5. The van der Waals surface area contributed by atoms with Crippen LogP contribution >= 0.6 is 0 Å². The van der Waals surface area contributed by atoms with Crippen molar-refractivity contribution in [1.29, 1.82) is 0 Å². The first-order valence-corrected chi connectivity index (χ1v) is 19.5. The Morgan fingerprint density at radius 1 is 0.426 bits per heavy atom. The van der Waals surface area contributed by atoms with Gasteiger partial charge in [-0.1, -0.05) is 0 Å². The fraction of sp³-hybridized carbons (Fsp3) is 0.941. The summed E-state index contributed by atoms with van der Waals surface area (Å²) in [7, 11) is 0. The normalized spacial score (nSPS) is 49.6. The SMILES string of the molecule is CC(=O)N[C@@H]1[C@@H](O[C@@H]2O[C@@H](C)[C@@H](O)[C@@H](O)[C@@H]2O)[C@H](O[C@@H]2O[C@H](CO)[C@@H](O[C@@H]3O[C@H](CO)[C@@H](O)[C@H](O[C@H]4O[C@H](CO)[C@@H](O)[C@H](O)[C@@H]4O)[C@@H]3O)[C@H](O)[C@H]2NC(C)=O)[C@@H](CO)O[C@H]1O. The number of nitrogens with one attached hydrogen (secondary N) is 2. The number of rotatable bonds is 14. The van der Waals surface area contributed by atoms with Crippen molar-refractivity contribution in [3.8, 4) is 0 Å². The van der Waals surface area contributed by atoms with Crippen molar-refractivity contribution in [2.24, 2.45) is 0 Å². The number of aliphatic hydroxyl groups excluding tert-OH is 14. The quantitative estimate of drug-likeness (QED) is 0.0770. The fourth-order valence-corrected chi connectivity index (χ4v) is 7.77. The lowest BCUT2D eigenvalue weighted by Gasteiger charge is -2.51. The number of carbonyl (C=O) groups is 2. The van der Waals surface area contributed by atoms with Crippen LogP contribution in [0, 0.1) is 0 Å². The van der Waals surface area contributed by atoms with Crippen LogP contribution in [0.25, 0.3) is 0 Å². The lowest BCUT2D eigenvalue weighted by Crippen LogP contribution is -2.71. The van der Waals surface area contributed by atoms with E-state index in [1.807, 2.05) is 0 Å². The molecule has 354 valence electrons. The zero-order valence-corrected chi connectivity index (χ0v) is 33.0. The van der Waals surface area contributed by atoms with Gasteiger partial charge in [0, 0.05) is 13.8 Å². The minimum Gasteiger partial charge on any atom is -0.394 e. The van der Waals surface area contributed by atoms with Crippen LogP contribution in [0.3, 0.4) is 0 Å². The van der Waals surface area contributed by atoms with Gasteiger partial charge in [0.2, 0.25) is 11.8 Å². The molecule has 5 saturated heterocycles. The molecular weight excluding hydrogens is 836 g/mol. The summed E-state index contributed by atoms with van der Waals surface area (Å²) in [4.78, 5) is 24.8.